The highest BCUT2D eigenvalue weighted by molar-refractivity contribution is 6.33. The Kier molecular flexibility index (Phi) is 4.84. The molecule has 0 unspecified atom stereocenters. The Hall–Kier alpha value is -3.18. The normalized spacial score (nSPS) is 11.6. The fourth-order valence-electron chi connectivity index (χ4n) is 2.98. The van der Waals surface area contributed by atoms with Crippen LogP contribution < -0.4 is 5.32 Å². The van der Waals surface area contributed by atoms with Crippen LogP contribution in [0.25, 0.3) is 22.7 Å². The van der Waals surface area contributed by atoms with Gasteiger partial charge in [0.25, 0.3) is 5.91 Å². The minimum absolute atomic E-state index is 0.0362. The van der Waals surface area contributed by atoms with Gasteiger partial charge in [0.15, 0.2) is 11.2 Å². The number of hydrogen-bond acceptors (Lipinski definition) is 4. The number of rotatable bonds is 3. The number of hydrogen-bond donors (Lipinski definition) is 1. The lowest BCUT2D eigenvalue weighted by molar-refractivity contribution is 0.102. The van der Waals surface area contributed by atoms with E-state index in [-0.39, 0.29) is 11.3 Å². The zero-order chi connectivity index (χ0) is 20.6. The summed E-state index contributed by atoms with van der Waals surface area (Å²) >= 11 is 6.34. The molecule has 0 radical (unpaired) electrons. The molecule has 0 fully saturated rings. The van der Waals surface area contributed by atoms with Gasteiger partial charge in [-0.2, -0.15) is 4.98 Å². The van der Waals surface area contributed by atoms with Crippen molar-refractivity contribution in [2.24, 2.45) is 0 Å². The average molecular weight is 406 g/mol. The zero-order valence-corrected chi connectivity index (χ0v) is 17.1. The highest BCUT2D eigenvalue weighted by atomic mass is 35.5. The molecular formula is C23H20ClN3O2. The van der Waals surface area contributed by atoms with Gasteiger partial charge in [0.1, 0.15) is 0 Å². The van der Waals surface area contributed by atoms with Crippen molar-refractivity contribution in [3.8, 4) is 11.5 Å². The number of aromatic nitrogens is 2. The fourth-order valence-corrected chi connectivity index (χ4v) is 3.17. The van der Waals surface area contributed by atoms with Crippen molar-refractivity contribution in [3.05, 3.63) is 76.9 Å². The summed E-state index contributed by atoms with van der Waals surface area (Å²) in [7, 11) is 0. The Morgan fingerprint density at radius 1 is 1.07 bits per heavy atom. The topological polar surface area (TPSA) is 68.0 Å². The van der Waals surface area contributed by atoms with E-state index in [4.69, 9.17) is 16.0 Å². The molecule has 29 heavy (non-hydrogen) atoms. The number of fused-ring (bicyclic) bond motifs is 1. The molecule has 146 valence electrons. The van der Waals surface area contributed by atoms with E-state index in [0.717, 1.165) is 0 Å². The smallest absolute Gasteiger partial charge is 0.255 e. The summed E-state index contributed by atoms with van der Waals surface area (Å²) in [6.45, 7) is 6.41. The van der Waals surface area contributed by atoms with Crippen LogP contribution in [0.4, 0.5) is 5.69 Å². The summed E-state index contributed by atoms with van der Waals surface area (Å²) in [5, 5.41) is 3.38. The van der Waals surface area contributed by atoms with E-state index in [0.29, 0.717) is 39.0 Å². The molecule has 5 nitrogen and oxygen atoms in total. The second-order valence-corrected chi connectivity index (χ2v) is 8.23. The zero-order valence-electron chi connectivity index (χ0n) is 16.4. The van der Waals surface area contributed by atoms with Gasteiger partial charge in [-0.3, -0.25) is 4.79 Å². The summed E-state index contributed by atoms with van der Waals surface area (Å²) in [6.07, 6.45) is 1.65. The van der Waals surface area contributed by atoms with E-state index in [2.05, 4.69) is 36.1 Å². The van der Waals surface area contributed by atoms with Gasteiger partial charge in [0, 0.05) is 17.4 Å². The SMILES string of the molecule is CC(C)(C)c1ccc(C(=O)Nc2ccc(Cl)c(-c3nc4ncccc4o3)c2)cc1. The average Bonchev–Trinajstić information content (AvgIpc) is 3.13. The molecular weight excluding hydrogens is 386 g/mol. The van der Waals surface area contributed by atoms with Crippen molar-refractivity contribution in [2.75, 3.05) is 5.32 Å². The number of benzene rings is 2. The van der Waals surface area contributed by atoms with Gasteiger partial charge in [-0.25, -0.2) is 4.98 Å². The second-order valence-electron chi connectivity index (χ2n) is 7.82. The summed E-state index contributed by atoms with van der Waals surface area (Å²) in [5.41, 5.74) is 4.07. The standard InChI is InChI=1S/C23H20ClN3O2/c1-23(2,3)15-8-6-14(7-9-15)21(28)26-16-10-11-18(24)17(13-16)22-27-20-19(29-22)5-4-12-25-20/h4-13H,1-3H3,(H,26,28). The third-order valence-electron chi connectivity index (χ3n) is 4.63. The van der Waals surface area contributed by atoms with Gasteiger partial charge in [0.05, 0.1) is 10.6 Å². The van der Waals surface area contributed by atoms with Crippen LogP contribution in [-0.4, -0.2) is 15.9 Å². The van der Waals surface area contributed by atoms with Crippen molar-refractivity contribution in [3.63, 3.8) is 0 Å². The van der Waals surface area contributed by atoms with Gasteiger partial charge in [0.2, 0.25) is 5.89 Å². The van der Waals surface area contributed by atoms with Crippen LogP contribution in [0.1, 0.15) is 36.7 Å². The molecule has 0 aliphatic heterocycles. The largest absolute Gasteiger partial charge is 0.434 e. The lowest BCUT2D eigenvalue weighted by atomic mass is 9.87. The molecule has 0 saturated carbocycles. The van der Waals surface area contributed by atoms with Gasteiger partial charge < -0.3 is 9.73 Å². The maximum atomic E-state index is 12.7. The number of nitrogens with one attached hydrogen (secondary N) is 1. The van der Waals surface area contributed by atoms with Gasteiger partial charge >= 0.3 is 0 Å². The molecule has 2 aromatic heterocycles. The molecule has 0 bridgehead atoms. The lowest BCUT2D eigenvalue weighted by Gasteiger charge is -2.19. The van der Waals surface area contributed by atoms with E-state index in [1.54, 1.807) is 36.5 Å². The summed E-state index contributed by atoms with van der Waals surface area (Å²) in [4.78, 5) is 21.2. The van der Waals surface area contributed by atoms with Crippen LogP contribution in [0.15, 0.2) is 65.2 Å². The first-order valence-corrected chi connectivity index (χ1v) is 9.62. The fraction of sp³-hybridized carbons (Fsp3) is 0.174. The summed E-state index contributed by atoms with van der Waals surface area (Å²) < 4.78 is 5.75. The van der Waals surface area contributed by atoms with Crippen molar-refractivity contribution >= 4 is 34.4 Å². The number of nitrogens with zero attached hydrogens (tertiary/aromatic N) is 2. The number of carbonyl (C=O) groups is 1. The first-order valence-electron chi connectivity index (χ1n) is 9.25. The number of oxazole rings is 1. The molecule has 2 aromatic carbocycles. The Morgan fingerprint density at radius 3 is 2.52 bits per heavy atom. The van der Waals surface area contributed by atoms with Crippen molar-refractivity contribution in [1.82, 2.24) is 9.97 Å². The van der Waals surface area contributed by atoms with Crippen LogP contribution in [0.2, 0.25) is 5.02 Å². The van der Waals surface area contributed by atoms with E-state index in [1.807, 2.05) is 24.3 Å². The highest BCUT2D eigenvalue weighted by Gasteiger charge is 2.16. The third kappa shape index (κ3) is 4.00. The van der Waals surface area contributed by atoms with Crippen molar-refractivity contribution < 1.29 is 9.21 Å². The first kappa shape index (κ1) is 19.2. The Balaban J connectivity index is 1.59. The van der Waals surface area contributed by atoms with Gasteiger partial charge in [-0.15, -0.1) is 0 Å². The minimum atomic E-state index is -0.196. The van der Waals surface area contributed by atoms with Crippen LogP contribution in [-0.2, 0) is 5.41 Å². The Labute approximate surface area is 173 Å². The van der Waals surface area contributed by atoms with E-state index in [1.165, 1.54) is 5.56 Å². The Bertz CT molecular complexity index is 1160. The lowest BCUT2D eigenvalue weighted by Crippen LogP contribution is -2.14. The third-order valence-corrected chi connectivity index (χ3v) is 4.96. The number of amides is 1. The minimum Gasteiger partial charge on any atom is -0.434 e. The number of anilines is 1. The quantitative estimate of drug-likeness (QED) is 0.447. The van der Waals surface area contributed by atoms with Crippen LogP contribution >= 0.6 is 11.6 Å². The molecule has 0 aliphatic carbocycles. The summed E-state index contributed by atoms with van der Waals surface area (Å²) in [6, 6.07) is 16.4. The van der Waals surface area contributed by atoms with E-state index < -0.39 is 0 Å². The van der Waals surface area contributed by atoms with Crippen LogP contribution in [0.5, 0.6) is 0 Å². The molecule has 0 aliphatic rings. The van der Waals surface area contributed by atoms with Crippen molar-refractivity contribution in [1.29, 1.82) is 0 Å². The molecule has 6 heteroatoms. The number of carbonyl (C=O) groups excluding carboxylic acids is 1. The molecule has 0 spiro atoms. The van der Waals surface area contributed by atoms with Crippen molar-refractivity contribution in [2.45, 2.75) is 26.2 Å². The van der Waals surface area contributed by atoms with Crippen LogP contribution in [0, 0.1) is 0 Å². The monoisotopic (exact) mass is 405 g/mol. The van der Waals surface area contributed by atoms with E-state index >= 15 is 0 Å². The molecule has 2 heterocycles. The molecule has 0 atom stereocenters. The van der Waals surface area contributed by atoms with Gasteiger partial charge in [-0.1, -0.05) is 44.5 Å². The molecule has 1 amide bonds. The predicted molar refractivity (Wildman–Crippen MR) is 115 cm³/mol. The van der Waals surface area contributed by atoms with Gasteiger partial charge in [-0.05, 0) is 53.4 Å². The maximum Gasteiger partial charge on any atom is 0.255 e. The molecule has 1 N–H and O–H groups in total. The maximum absolute atomic E-state index is 12.7. The first-order chi connectivity index (χ1) is 13.8. The second kappa shape index (κ2) is 7.33. The number of halogens is 1. The molecule has 4 rings (SSSR count). The van der Waals surface area contributed by atoms with Crippen LogP contribution in [0.3, 0.4) is 0 Å². The number of pyridine rings is 1. The molecule has 0 saturated heterocycles. The highest BCUT2D eigenvalue weighted by Crippen LogP contribution is 2.32. The van der Waals surface area contributed by atoms with E-state index in [9.17, 15) is 4.79 Å². The Morgan fingerprint density at radius 2 is 1.83 bits per heavy atom. The predicted octanol–water partition coefficient (Wildman–Crippen LogP) is 6.09. The summed E-state index contributed by atoms with van der Waals surface area (Å²) in [5.74, 6) is 0.160. The molecule has 4 aromatic rings.